The predicted molar refractivity (Wildman–Crippen MR) is 68.8 cm³/mol. The molecule has 1 rings (SSSR count). The second kappa shape index (κ2) is 6.26. The number of rotatable bonds is 5. The van der Waals surface area contributed by atoms with E-state index in [1.807, 2.05) is 12.1 Å². The highest BCUT2D eigenvalue weighted by molar-refractivity contribution is 9.10. The summed E-state index contributed by atoms with van der Waals surface area (Å²) in [4.78, 5) is 0. The molecule has 0 radical (unpaired) electrons. The molecule has 0 saturated heterocycles. The highest BCUT2D eigenvalue weighted by atomic mass is 79.9. The van der Waals surface area contributed by atoms with E-state index >= 15 is 0 Å². The van der Waals surface area contributed by atoms with Crippen molar-refractivity contribution < 1.29 is 0 Å². The van der Waals surface area contributed by atoms with E-state index in [0.717, 1.165) is 11.0 Å². The molecule has 0 aliphatic carbocycles. The first-order valence-corrected chi connectivity index (χ1v) is 6.11. The molecule has 0 fully saturated rings. The molecule has 1 unspecified atom stereocenters. The Balaban J connectivity index is 2.65. The predicted octanol–water partition coefficient (Wildman–Crippen LogP) is 2.69. The van der Waals surface area contributed by atoms with E-state index in [0.29, 0.717) is 12.5 Å². The van der Waals surface area contributed by atoms with E-state index in [-0.39, 0.29) is 6.04 Å². The fourth-order valence-electron chi connectivity index (χ4n) is 1.44. The van der Waals surface area contributed by atoms with Crippen LogP contribution in [0.4, 0.5) is 0 Å². The molecular formula is C12H19BrN2. The first-order chi connectivity index (χ1) is 7.13. The van der Waals surface area contributed by atoms with Crippen molar-refractivity contribution >= 4 is 15.9 Å². The molecule has 2 nitrogen and oxygen atoms in total. The van der Waals surface area contributed by atoms with Crippen molar-refractivity contribution in [1.82, 2.24) is 5.32 Å². The maximum atomic E-state index is 5.76. The molecule has 3 heteroatoms. The first kappa shape index (κ1) is 12.7. The van der Waals surface area contributed by atoms with Crippen molar-refractivity contribution in [3.05, 3.63) is 34.3 Å². The number of nitrogens with two attached hydrogens (primary N) is 1. The summed E-state index contributed by atoms with van der Waals surface area (Å²) in [6.45, 7) is 6.01. The van der Waals surface area contributed by atoms with Crippen LogP contribution in [0.2, 0.25) is 0 Å². The minimum Gasteiger partial charge on any atom is -0.329 e. The molecule has 0 spiro atoms. The second-order valence-corrected chi connectivity index (χ2v) is 5.06. The van der Waals surface area contributed by atoms with Gasteiger partial charge in [-0.2, -0.15) is 0 Å². The van der Waals surface area contributed by atoms with Gasteiger partial charge in [-0.1, -0.05) is 41.9 Å². The third-order valence-electron chi connectivity index (χ3n) is 2.26. The van der Waals surface area contributed by atoms with Crippen LogP contribution in [0.25, 0.3) is 0 Å². The van der Waals surface area contributed by atoms with E-state index < -0.39 is 0 Å². The van der Waals surface area contributed by atoms with Gasteiger partial charge in [-0.05, 0) is 30.2 Å². The molecule has 1 aromatic carbocycles. The molecule has 0 saturated carbocycles. The van der Waals surface area contributed by atoms with Crippen LogP contribution in [0.1, 0.15) is 25.5 Å². The van der Waals surface area contributed by atoms with Crippen LogP contribution >= 0.6 is 15.9 Å². The van der Waals surface area contributed by atoms with Crippen molar-refractivity contribution in [1.29, 1.82) is 0 Å². The van der Waals surface area contributed by atoms with Gasteiger partial charge in [0.05, 0.1) is 0 Å². The van der Waals surface area contributed by atoms with Crippen LogP contribution in [-0.2, 0) is 0 Å². The average Bonchev–Trinajstić information content (AvgIpc) is 2.18. The van der Waals surface area contributed by atoms with Gasteiger partial charge in [-0.25, -0.2) is 0 Å². The van der Waals surface area contributed by atoms with Gasteiger partial charge in [0.25, 0.3) is 0 Å². The van der Waals surface area contributed by atoms with Gasteiger partial charge >= 0.3 is 0 Å². The molecule has 0 aliphatic heterocycles. The maximum absolute atomic E-state index is 5.76. The molecule has 0 bridgehead atoms. The Labute approximate surface area is 100 Å². The molecule has 0 aromatic heterocycles. The van der Waals surface area contributed by atoms with Gasteiger partial charge in [-0.15, -0.1) is 0 Å². The monoisotopic (exact) mass is 270 g/mol. The number of benzene rings is 1. The molecule has 3 N–H and O–H groups in total. The van der Waals surface area contributed by atoms with Crippen LogP contribution in [0.5, 0.6) is 0 Å². The van der Waals surface area contributed by atoms with Gasteiger partial charge in [0.15, 0.2) is 0 Å². The SMILES string of the molecule is CC(C)CNC(CN)c1cccc(Br)c1. The Kier molecular flexibility index (Phi) is 5.29. The Hall–Kier alpha value is -0.380. The van der Waals surface area contributed by atoms with Gasteiger partial charge in [0, 0.05) is 17.1 Å². The lowest BCUT2D eigenvalue weighted by atomic mass is 10.1. The van der Waals surface area contributed by atoms with E-state index in [4.69, 9.17) is 5.73 Å². The summed E-state index contributed by atoms with van der Waals surface area (Å²) in [5.74, 6) is 0.645. The van der Waals surface area contributed by atoms with Crippen LogP contribution < -0.4 is 11.1 Å². The molecule has 0 aliphatic rings. The van der Waals surface area contributed by atoms with Crippen molar-refractivity contribution in [2.75, 3.05) is 13.1 Å². The molecule has 1 atom stereocenters. The molecule has 84 valence electrons. The van der Waals surface area contributed by atoms with E-state index in [1.54, 1.807) is 0 Å². The van der Waals surface area contributed by atoms with E-state index in [9.17, 15) is 0 Å². The topological polar surface area (TPSA) is 38.0 Å². The zero-order valence-corrected chi connectivity index (χ0v) is 10.9. The van der Waals surface area contributed by atoms with Gasteiger partial charge in [0.1, 0.15) is 0 Å². The fraction of sp³-hybridized carbons (Fsp3) is 0.500. The molecule has 15 heavy (non-hydrogen) atoms. The zero-order chi connectivity index (χ0) is 11.3. The third-order valence-corrected chi connectivity index (χ3v) is 2.75. The zero-order valence-electron chi connectivity index (χ0n) is 9.33. The normalized spacial score (nSPS) is 13.1. The highest BCUT2D eigenvalue weighted by Crippen LogP contribution is 2.17. The van der Waals surface area contributed by atoms with Crippen LogP contribution in [0.3, 0.4) is 0 Å². The van der Waals surface area contributed by atoms with Gasteiger partial charge < -0.3 is 11.1 Å². The summed E-state index contributed by atoms with van der Waals surface area (Å²) in [5.41, 5.74) is 7.01. The van der Waals surface area contributed by atoms with Crippen LogP contribution in [0, 0.1) is 5.92 Å². The first-order valence-electron chi connectivity index (χ1n) is 5.32. The summed E-state index contributed by atoms with van der Waals surface area (Å²) in [7, 11) is 0. The molecule has 0 amide bonds. The van der Waals surface area contributed by atoms with Gasteiger partial charge in [-0.3, -0.25) is 0 Å². The Morgan fingerprint density at radius 2 is 2.13 bits per heavy atom. The average molecular weight is 271 g/mol. The summed E-state index contributed by atoms with van der Waals surface area (Å²) in [6.07, 6.45) is 0. The molecular weight excluding hydrogens is 252 g/mol. The maximum Gasteiger partial charge on any atom is 0.0445 e. The molecule has 1 aromatic rings. The Bertz CT molecular complexity index is 299. The third kappa shape index (κ3) is 4.33. The van der Waals surface area contributed by atoms with Crippen molar-refractivity contribution in [3.8, 4) is 0 Å². The minimum absolute atomic E-state index is 0.255. The summed E-state index contributed by atoms with van der Waals surface area (Å²) in [5, 5.41) is 3.47. The quantitative estimate of drug-likeness (QED) is 0.864. The van der Waals surface area contributed by atoms with Crippen molar-refractivity contribution in [2.45, 2.75) is 19.9 Å². The number of hydrogen-bond donors (Lipinski definition) is 2. The summed E-state index contributed by atoms with van der Waals surface area (Å²) in [6, 6.07) is 8.55. The largest absolute Gasteiger partial charge is 0.329 e. The van der Waals surface area contributed by atoms with Crippen LogP contribution in [0.15, 0.2) is 28.7 Å². The molecule has 0 heterocycles. The smallest absolute Gasteiger partial charge is 0.0445 e. The Morgan fingerprint density at radius 3 is 2.67 bits per heavy atom. The number of hydrogen-bond acceptors (Lipinski definition) is 2. The number of nitrogens with one attached hydrogen (secondary N) is 1. The second-order valence-electron chi connectivity index (χ2n) is 4.15. The van der Waals surface area contributed by atoms with Gasteiger partial charge in [0.2, 0.25) is 0 Å². The van der Waals surface area contributed by atoms with E-state index in [2.05, 4.69) is 47.2 Å². The lowest BCUT2D eigenvalue weighted by Gasteiger charge is -2.18. The Morgan fingerprint density at radius 1 is 1.40 bits per heavy atom. The van der Waals surface area contributed by atoms with Crippen molar-refractivity contribution in [3.63, 3.8) is 0 Å². The highest BCUT2D eigenvalue weighted by Gasteiger charge is 2.09. The lowest BCUT2D eigenvalue weighted by Crippen LogP contribution is -2.30. The standard InChI is InChI=1S/C12H19BrN2/c1-9(2)8-15-12(7-14)10-4-3-5-11(13)6-10/h3-6,9,12,15H,7-8,14H2,1-2H3. The fourth-order valence-corrected chi connectivity index (χ4v) is 1.86. The number of halogens is 1. The van der Waals surface area contributed by atoms with Crippen LogP contribution in [-0.4, -0.2) is 13.1 Å². The lowest BCUT2D eigenvalue weighted by molar-refractivity contribution is 0.479. The van der Waals surface area contributed by atoms with Crippen molar-refractivity contribution in [2.24, 2.45) is 11.7 Å². The summed E-state index contributed by atoms with van der Waals surface area (Å²) >= 11 is 3.47. The minimum atomic E-state index is 0.255. The van der Waals surface area contributed by atoms with E-state index in [1.165, 1.54) is 5.56 Å². The summed E-state index contributed by atoms with van der Waals surface area (Å²) < 4.78 is 1.10.